The van der Waals surface area contributed by atoms with Crippen molar-refractivity contribution < 1.29 is 9.90 Å². The van der Waals surface area contributed by atoms with Gasteiger partial charge in [-0.2, -0.15) is 0 Å². The zero-order valence-corrected chi connectivity index (χ0v) is 12.4. The summed E-state index contributed by atoms with van der Waals surface area (Å²) in [7, 11) is 0. The summed E-state index contributed by atoms with van der Waals surface area (Å²) in [6.07, 6.45) is 10.3. The number of nitrogens with zero attached hydrogens (tertiary/aromatic N) is 1. The van der Waals surface area contributed by atoms with Crippen LogP contribution in [0.15, 0.2) is 0 Å². The van der Waals surface area contributed by atoms with Crippen molar-refractivity contribution in [1.82, 2.24) is 4.90 Å². The normalized spacial score (nSPS) is 47.4. The van der Waals surface area contributed by atoms with Crippen LogP contribution in [0.3, 0.4) is 0 Å². The van der Waals surface area contributed by atoms with E-state index in [-0.39, 0.29) is 0 Å². The van der Waals surface area contributed by atoms with Gasteiger partial charge in [-0.1, -0.05) is 19.3 Å². The number of hydrogen-bond acceptors (Lipinski definition) is 2. The maximum Gasteiger partial charge on any atom is 0.225 e. The van der Waals surface area contributed by atoms with E-state index in [2.05, 4.69) is 4.90 Å². The Bertz CT molecular complexity index is 410. The molecule has 0 radical (unpaired) electrons. The van der Waals surface area contributed by atoms with Crippen molar-refractivity contribution in [3.8, 4) is 0 Å². The summed E-state index contributed by atoms with van der Waals surface area (Å²) < 4.78 is 0. The van der Waals surface area contributed by atoms with Crippen LogP contribution in [0.1, 0.15) is 57.8 Å². The molecular formula is C17H27NO2. The van der Waals surface area contributed by atoms with Crippen LogP contribution in [0.2, 0.25) is 0 Å². The summed E-state index contributed by atoms with van der Waals surface area (Å²) in [4.78, 5) is 14.9. The fraction of sp³-hybridized carbons (Fsp3) is 0.941. The molecule has 3 nitrogen and oxygen atoms in total. The van der Waals surface area contributed by atoms with Gasteiger partial charge in [-0.25, -0.2) is 0 Å². The summed E-state index contributed by atoms with van der Waals surface area (Å²) in [6, 6.07) is 0. The summed E-state index contributed by atoms with van der Waals surface area (Å²) in [6.45, 7) is 1.61. The van der Waals surface area contributed by atoms with Crippen molar-refractivity contribution in [1.29, 1.82) is 0 Å². The summed E-state index contributed by atoms with van der Waals surface area (Å²) in [5.74, 6) is 2.60. The molecule has 3 aliphatic carbocycles. The highest BCUT2D eigenvalue weighted by atomic mass is 16.3. The van der Waals surface area contributed by atoms with Crippen molar-refractivity contribution in [2.24, 2.45) is 23.7 Å². The first-order valence-electron chi connectivity index (χ1n) is 8.67. The average molecular weight is 277 g/mol. The molecule has 1 saturated heterocycles. The van der Waals surface area contributed by atoms with Gasteiger partial charge in [0.05, 0.1) is 5.60 Å². The molecule has 4 rings (SSSR count). The Morgan fingerprint density at radius 1 is 1.10 bits per heavy atom. The molecule has 20 heavy (non-hydrogen) atoms. The van der Waals surface area contributed by atoms with Gasteiger partial charge < -0.3 is 10.0 Å². The molecule has 3 saturated carbocycles. The molecule has 0 aromatic rings. The third-order valence-electron chi connectivity index (χ3n) is 6.79. The molecular weight excluding hydrogens is 250 g/mol. The number of likely N-dealkylation sites (tertiary alicyclic amines) is 1. The Morgan fingerprint density at radius 2 is 2.00 bits per heavy atom. The SMILES string of the molecule is O=C(C1CC2CCC1C2)N1CCC2(O)CCCCC2C1. The van der Waals surface area contributed by atoms with E-state index in [4.69, 9.17) is 0 Å². The van der Waals surface area contributed by atoms with Crippen LogP contribution < -0.4 is 0 Å². The predicted octanol–water partition coefficient (Wildman–Crippen LogP) is 2.58. The molecule has 0 spiro atoms. The van der Waals surface area contributed by atoms with Crippen molar-refractivity contribution in [2.75, 3.05) is 13.1 Å². The largest absolute Gasteiger partial charge is 0.389 e. The van der Waals surface area contributed by atoms with Crippen molar-refractivity contribution >= 4 is 5.91 Å². The molecule has 5 unspecified atom stereocenters. The Morgan fingerprint density at radius 3 is 2.75 bits per heavy atom. The third kappa shape index (κ3) is 2.01. The summed E-state index contributed by atoms with van der Waals surface area (Å²) in [5, 5.41) is 10.7. The van der Waals surface area contributed by atoms with Crippen LogP contribution in [0.4, 0.5) is 0 Å². The predicted molar refractivity (Wildman–Crippen MR) is 77.0 cm³/mol. The standard InChI is InChI=1S/C17H27NO2/c19-16(15-10-12-4-5-13(15)9-12)18-8-7-17(20)6-2-1-3-14(17)11-18/h12-15,20H,1-11H2. The number of hydrogen-bond donors (Lipinski definition) is 1. The molecule has 1 aliphatic heterocycles. The molecule has 4 fully saturated rings. The number of rotatable bonds is 1. The second-order valence-electron chi connectivity index (χ2n) is 7.86. The number of carbonyl (C=O) groups is 1. The highest BCUT2D eigenvalue weighted by molar-refractivity contribution is 5.79. The second kappa shape index (κ2) is 4.72. The minimum Gasteiger partial charge on any atom is -0.389 e. The van der Waals surface area contributed by atoms with Crippen LogP contribution in [0.5, 0.6) is 0 Å². The smallest absolute Gasteiger partial charge is 0.225 e. The van der Waals surface area contributed by atoms with Gasteiger partial charge in [-0.05, 0) is 50.4 Å². The van der Waals surface area contributed by atoms with Gasteiger partial charge in [0.15, 0.2) is 0 Å². The van der Waals surface area contributed by atoms with E-state index in [1.165, 1.54) is 25.7 Å². The van der Waals surface area contributed by atoms with Gasteiger partial charge in [-0.15, -0.1) is 0 Å². The summed E-state index contributed by atoms with van der Waals surface area (Å²) >= 11 is 0. The van der Waals surface area contributed by atoms with Crippen molar-refractivity contribution in [3.63, 3.8) is 0 Å². The van der Waals surface area contributed by atoms with Crippen LogP contribution in [-0.2, 0) is 4.79 Å². The lowest BCUT2D eigenvalue weighted by Gasteiger charge is -2.48. The molecule has 2 bridgehead atoms. The van der Waals surface area contributed by atoms with Crippen LogP contribution in [-0.4, -0.2) is 34.6 Å². The molecule has 1 N–H and O–H groups in total. The van der Waals surface area contributed by atoms with E-state index in [9.17, 15) is 9.90 Å². The molecule has 4 aliphatic rings. The van der Waals surface area contributed by atoms with Crippen LogP contribution in [0, 0.1) is 23.7 Å². The third-order valence-corrected chi connectivity index (χ3v) is 6.79. The van der Waals surface area contributed by atoms with Crippen LogP contribution >= 0.6 is 0 Å². The topological polar surface area (TPSA) is 40.5 Å². The van der Waals surface area contributed by atoms with E-state index in [0.29, 0.717) is 23.7 Å². The van der Waals surface area contributed by atoms with Crippen molar-refractivity contribution in [2.45, 2.75) is 63.4 Å². The fourth-order valence-electron chi connectivity index (χ4n) is 5.55. The first-order chi connectivity index (χ1) is 9.66. The van der Waals surface area contributed by atoms with E-state index in [1.54, 1.807) is 0 Å². The van der Waals surface area contributed by atoms with Gasteiger partial charge in [-0.3, -0.25) is 4.79 Å². The average Bonchev–Trinajstić information content (AvgIpc) is 3.08. The number of aliphatic hydroxyl groups is 1. The Kier molecular flexibility index (Phi) is 3.10. The minimum absolute atomic E-state index is 0.323. The maximum atomic E-state index is 12.8. The van der Waals surface area contributed by atoms with E-state index in [0.717, 1.165) is 51.1 Å². The number of carbonyl (C=O) groups excluding carboxylic acids is 1. The highest BCUT2D eigenvalue weighted by Crippen LogP contribution is 2.49. The second-order valence-corrected chi connectivity index (χ2v) is 7.86. The first-order valence-corrected chi connectivity index (χ1v) is 8.67. The van der Waals surface area contributed by atoms with Gasteiger partial charge >= 0.3 is 0 Å². The molecule has 1 amide bonds. The monoisotopic (exact) mass is 277 g/mol. The van der Waals surface area contributed by atoms with Gasteiger partial charge in [0, 0.05) is 24.9 Å². The zero-order chi connectivity index (χ0) is 13.7. The van der Waals surface area contributed by atoms with E-state index < -0.39 is 5.60 Å². The molecule has 1 heterocycles. The van der Waals surface area contributed by atoms with Crippen molar-refractivity contribution in [3.05, 3.63) is 0 Å². The fourth-order valence-corrected chi connectivity index (χ4v) is 5.55. The van der Waals surface area contributed by atoms with E-state index in [1.807, 2.05) is 0 Å². The van der Waals surface area contributed by atoms with Gasteiger partial charge in [0.25, 0.3) is 0 Å². The lowest BCUT2D eigenvalue weighted by molar-refractivity contribution is -0.148. The molecule has 112 valence electrons. The van der Waals surface area contributed by atoms with Gasteiger partial charge in [0.2, 0.25) is 5.91 Å². The Hall–Kier alpha value is -0.570. The highest BCUT2D eigenvalue weighted by Gasteiger charge is 2.48. The summed E-state index contributed by atoms with van der Waals surface area (Å²) in [5.41, 5.74) is -0.455. The van der Waals surface area contributed by atoms with Crippen LogP contribution in [0.25, 0.3) is 0 Å². The number of amides is 1. The molecule has 3 heteroatoms. The number of fused-ring (bicyclic) bond motifs is 3. The Balaban J connectivity index is 1.43. The quantitative estimate of drug-likeness (QED) is 0.800. The number of piperidine rings is 1. The molecule has 0 aromatic heterocycles. The lowest BCUT2D eigenvalue weighted by atomic mass is 9.71. The molecule has 5 atom stereocenters. The Labute approximate surface area is 121 Å². The minimum atomic E-state index is -0.455. The van der Waals surface area contributed by atoms with Gasteiger partial charge in [0.1, 0.15) is 0 Å². The lowest BCUT2D eigenvalue weighted by Crippen LogP contribution is -2.55. The maximum absolute atomic E-state index is 12.8. The zero-order valence-electron chi connectivity index (χ0n) is 12.4. The molecule has 0 aromatic carbocycles. The van der Waals surface area contributed by atoms with E-state index >= 15 is 0 Å². The first kappa shape index (κ1) is 13.1.